The molecule has 4 N–H and O–H groups in total. The number of fused-ring (bicyclic) bond motifs is 1. The zero-order valence-electron chi connectivity index (χ0n) is 14.9. The standard InChI is InChI=1S/C20H20N4O2/c1-10-4-5-16(25)15(6-10)24-9-17(26)18(19(24)21)20-22-13-7-11(2)12(3)8-14(13)23-20/h4-8,21,25-26H,9H2,1-3H3,(H,22,23). The number of hydrogen-bond acceptors (Lipinski definition) is 4. The van der Waals surface area contributed by atoms with Crippen molar-refractivity contribution in [1.29, 1.82) is 5.41 Å². The fourth-order valence-corrected chi connectivity index (χ4v) is 3.27. The summed E-state index contributed by atoms with van der Waals surface area (Å²) in [6, 6.07) is 9.20. The number of aromatic amines is 1. The second-order valence-electron chi connectivity index (χ2n) is 6.79. The number of phenolic OH excluding ortho intramolecular Hbond substituents is 1. The van der Waals surface area contributed by atoms with E-state index in [1.165, 1.54) is 0 Å². The van der Waals surface area contributed by atoms with Crippen molar-refractivity contribution in [3.63, 3.8) is 0 Å². The second-order valence-corrected chi connectivity index (χ2v) is 6.79. The van der Waals surface area contributed by atoms with Crippen molar-refractivity contribution in [1.82, 2.24) is 9.97 Å². The van der Waals surface area contributed by atoms with E-state index in [1.807, 2.05) is 32.9 Å². The van der Waals surface area contributed by atoms with Crippen LogP contribution in [0.2, 0.25) is 0 Å². The van der Waals surface area contributed by atoms with Gasteiger partial charge in [-0.2, -0.15) is 0 Å². The van der Waals surface area contributed by atoms with Crippen LogP contribution in [-0.2, 0) is 0 Å². The molecule has 6 nitrogen and oxygen atoms in total. The highest BCUT2D eigenvalue weighted by atomic mass is 16.3. The number of phenols is 1. The maximum atomic E-state index is 10.5. The highest BCUT2D eigenvalue weighted by molar-refractivity contribution is 6.30. The topological polar surface area (TPSA) is 96.2 Å². The summed E-state index contributed by atoms with van der Waals surface area (Å²) in [6.45, 7) is 6.10. The highest BCUT2D eigenvalue weighted by Gasteiger charge is 2.32. The molecule has 1 aliphatic heterocycles. The second kappa shape index (κ2) is 5.62. The summed E-state index contributed by atoms with van der Waals surface area (Å²) in [6.07, 6.45) is 0. The summed E-state index contributed by atoms with van der Waals surface area (Å²) in [5.74, 6) is 0.701. The maximum Gasteiger partial charge on any atom is 0.145 e. The molecule has 0 aliphatic carbocycles. The molecule has 3 aromatic rings. The van der Waals surface area contributed by atoms with Crippen molar-refractivity contribution < 1.29 is 10.2 Å². The molecule has 0 amide bonds. The SMILES string of the molecule is Cc1ccc(O)c(N2CC(O)=C(c3nc4cc(C)c(C)cc4[nH]3)C2=N)c1. The molecule has 132 valence electrons. The maximum absolute atomic E-state index is 10.5. The predicted molar refractivity (Wildman–Crippen MR) is 103 cm³/mol. The number of imidazole rings is 1. The van der Waals surface area contributed by atoms with Crippen LogP contribution in [0.3, 0.4) is 0 Å². The summed E-state index contributed by atoms with van der Waals surface area (Å²) in [4.78, 5) is 9.35. The monoisotopic (exact) mass is 348 g/mol. The summed E-state index contributed by atoms with van der Waals surface area (Å²) >= 11 is 0. The lowest BCUT2D eigenvalue weighted by Crippen LogP contribution is -2.26. The summed E-state index contributed by atoms with van der Waals surface area (Å²) in [5.41, 5.74) is 5.78. The Bertz CT molecular complexity index is 1060. The Morgan fingerprint density at radius 2 is 1.81 bits per heavy atom. The summed E-state index contributed by atoms with van der Waals surface area (Å²) in [7, 11) is 0. The minimum atomic E-state index is 0.0587. The zero-order chi connectivity index (χ0) is 18.6. The number of nitrogens with zero attached hydrogens (tertiary/aromatic N) is 2. The van der Waals surface area contributed by atoms with Gasteiger partial charge in [-0.15, -0.1) is 0 Å². The Balaban J connectivity index is 1.77. The number of aromatic hydroxyl groups is 1. The number of nitrogens with one attached hydrogen (secondary N) is 2. The number of H-pyrrole nitrogens is 1. The molecule has 0 saturated heterocycles. The van der Waals surface area contributed by atoms with Gasteiger partial charge in [0.15, 0.2) is 0 Å². The summed E-state index contributed by atoms with van der Waals surface area (Å²) < 4.78 is 0. The smallest absolute Gasteiger partial charge is 0.145 e. The number of aliphatic hydroxyl groups is 1. The first-order valence-corrected chi connectivity index (χ1v) is 8.40. The average Bonchev–Trinajstić information content (AvgIpc) is 3.10. The number of amidine groups is 1. The molecular weight excluding hydrogens is 328 g/mol. The number of aryl methyl sites for hydroxylation is 3. The fourth-order valence-electron chi connectivity index (χ4n) is 3.27. The van der Waals surface area contributed by atoms with Gasteiger partial charge in [0.05, 0.1) is 28.8 Å². The molecule has 0 fully saturated rings. The van der Waals surface area contributed by atoms with Gasteiger partial charge < -0.3 is 20.1 Å². The zero-order valence-corrected chi connectivity index (χ0v) is 14.9. The number of benzene rings is 2. The minimum Gasteiger partial charge on any atom is -0.509 e. The lowest BCUT2D eigenvalue weighted by Gasteiger charge is -2.20. The molecule has 0 bridgehead atoms. The Labute approximate surface area is 150 Å². The number of aromatic nitrogens is 2. The van der Waals surface area contributed by atoms with Crippen LogP contribution < -0.4 is 4.90 Å². The first-order valence-electron chi connectivity index (χ1n) is 8.40. The molecule has 6 heteroatoms. The van der Waals surface area contributed by atoms with Crippen LogP contribution in [0.15, 0.2) is 36.1 Å². The van der Waals surface area contributed by atoms with Crippen molar-refractivity contribution >= 4 is 28.1 Å². The molecule has 2 aromatic carbocycles. The van der Waals surface area contributed by atoms with Crippen molar-refractivity contribution in [2.45, 2.75) is 20.8 Å². The molecule has 0 saturated carbocycles. The Kier molecular flexibility index (Phi) is 3.50. The van der Waals surface area contributed by atoms with Crippen LogP contribution in [0.5, 0.6) is 5.75 Å². The molecule has 0 unspecified atom stereocenters. The third-order valence-electron chi connectivity index (χ3n) is 4.86. The van der Waals surface area contributed by atoms with Crippen molar-refractivity contribution in [2.24, 2.45) is 0 Å². The van der Waals surface area contributed by atoms with E-state index >= 15 is 0 Å². The van der Waals surface area contributed by atoms with Gasteiger partial charge in [0.2, 0.25) is 0 Å². The lowest BCUT2D eigenvalue weighted by atomic mass is 10.1. The Hall–Kier alpha value is -3.28. The van der Waals surface area contributed by atoms with Crippen molar-refractivity contribution in [3.8, 4) is 5.75 Å². The van der Waals surface area contributed by atoms with Crippen LogP contribution >= 0.6 is 0 Å². The molecule has 26 heavy (non-hydrogen) atoms. The fraction of sp³-hybridized carbons (Fsp3) is 0.200. The van der Waals surface area contributed by atoms with E-state index in [9.17, 15) is 10.2 Å². The third-order valence-corrected chi connectivity index (χ3v) is 4.86. The van der Waals surface area contributed by atoms with Crippen LogP contribution in [0.25, 0.3) is 16.6 Å². The molecule has 2 heterocycles. The Morgan fingerprint density at radius 1 is 1.08 bits per heavy atom. The molecule has 1 aliphatic rings. The van der Waals surface area contributed by atoms with E-state index in [-0.39, 0.29) is 23.9 Å². The van der Waals surface area contributed by atoms with Crippen LogP contribution in [0.1, 0.15) is 22.5 Å². The van der Waals surface area contributed by atoms with E-state index in [0.29, 0.717) is 17.1 Å². The van der Waals surface area contributed by atoms with Crippen LogP contribution in [-0.4, -0.2) is 32.6 Å². The van der Waals surface area contributed by atoms with Gasteiger partial charge in [0, 0.05) is 0 Å². The average molecular weight is 348 g/mol. The first kappa shape index (κ1) is 16.2. The number of hydrogen-bond donors (Lipinski definition) is 4. The van der Waals surface area contributed by atoms with Crippen LogP contribution in [0, 0.1) is 26.2 Å². The Morgan fingerprint density at radius 3 is 2.58 bits per heavy atom. The molecule has 0 radical (unpaired) electrons. The van der Waals surface area contributed by atoms with Gasteiger partial charge in [0.25, 0.3) is 0 Å². The van der Waals surface area contributed by atoms with E-state index in [1.54, 1.807) is 23.1 Å². The van der Waals surface area contributed by atoms with E-state index in [4.69, 9.17) is 5.41 Å². The van der Waals surface area contributed by atoms with Gasteiger partial charge in [0.1, 0.15) is 23.2 Å². The summed E-state index contributed by atoms with van der Waals surface area (Å²) in [5, 5.41) is 29.2. The molecule has 4 rings (SSSR count). The molecule has 0 spiro atoms. The van der Waals surface area contributed by atoms with Crippen LogP contribution in [0.4, 0.5) is 5.69 Å². The van der Waals surface area contributed by atoms with Gasteiger partial charge in [-0.05, 0) is 61.7 Å². The van der Waals surface area contributed by atoms with Crippen molar-refractivity contribution in [2.75, 3.05) is 11.4 Å². The molecule has 0 atom stereocenters. The van der Waals surface area contributed by atoms with E-state index in [0.717, 1.165) is 27.7 Å². The molecular formula is C20H20N4O2. The normalized spacial score (nSPS) is 14.7. The molecule has 1 aromatic heterocycles. The minimum absolute atomic E-state index is 0.0587. The van der Waals surface area contributed by atoms with Crippen molar-refractivity contribution in [3.05, 3.63) is 58.6 Å². The van der Waals surface area contributed by atoms with E-state index in [2.05, 4.69) is 9.97 Å². The lowest BCUT2D eigenvalue weighted by molar-refractivity contribution is 0.410. The number of rotatable bonds is 2. The quantitative estimate of drug-likeness (QED) is 0.563. The number of aliphatic hydroxyl groups excluding tert-OH is 1. The van der Waals surface area contributed by atoms with E-state index < -0.39 is 0 Å². The highest BCUT2D eigenvalue weighted by Crippen LogP contribution is 2.36. The first-order chi connectivity index (χ1) is 12.3. The van der Waals surface area contributed by atoms with Gasteiger partial charge in [-0.3, -0.25) is 5.41 Å². The predicted octanol–water partition coefficient (Wildman–Crippen LogP) is 3.96. The third kappa shape index (κ3) is 2.42. The van der Waals surface area contributed by atoms with Gasteiger partial charge in [-0.1, -0.05) is 6.07 Å². The van der Waals surface area contributed by atoms with Gasteiger partial charge in [-0.25, -0.2) is 4.98 Å². The number of anilines is 1. The largest absolute Gasteiger partial charge is 0.509 e. The van der Waals surface area contributed by atoms with Gasteiger partial charge >= 0.3 is 0 Å².